The molecule has 0 atom stereocenters. The summed E-state index contributed by atoms with van der Waals surface area (Å²) >= 11 is 0. The number of nitrogens with one attached hydrogen (secondary N) is 1. The number of rotatable bonds is 2. The van der Waals surface area contributed by atoms with E-state index in [4.69, 9.17) is 5.84 Å². The first-order valence-corrected chi connectivity index (χ1v) is 7.89. The maximum Gasteiger partial charge on any atom is 0.253 e. The number of aromatic hydroxyl groups is 1. The number of phenolic OH excluding ortho intramolecular Hbond substituents is 1. The van der Waals surface area contributed by atoms with Crippen molar-refractivity contribution in [1.29, 1.82) is 0 Å². The Bertz CT molecular complexity index is 573. The van der Waals surface area contributed by atoms with Gasteiger partial charge in [0.1, 0.15) is 5.75 Å². The summed E-state index contributed by atoms with van der Waals surface area (Å²) in [6.07, 6.45) is 0. The minimum Gasteiger partial charge on any atom is -0.507 e. The van der Waals surface area contributed by atoms with Gasteiger partial charge in [-0.3, -0.25) is 5.84 Å². The lowest BCUT2D eigenvalue weighted by atomic mass is 9.79. The Morgan fingerprint density at radius 3 is 1.60 bits per heavy atom. The van der Waals surface area contributed by atoms with Crippen LogP contribution in [0.5, 0.6) is 5.75 Å². The van der Waals surface area contributed by atoms with E-state index in [0.717, 1.165) is 0 Å². The Morgan fingerprint density at radius 1 is 1.00 bits per heavy atom. The zero-order chi connectivity index (χ0) is 15.9. The molecule has 0 aliphatic rings. The molecule has 0 unspecified atom stereocenters. The number of hydrogen-bond donors (Lipinski definition) is 3. The lowest BCUT2D eigenvalue weighted by Crippen LogP contribution is -2.31. The van der Waals surface area contributed by atoms with E-state index < -0.39 is 10.0 Å². The summed E-state index contributed by atoms with van der Waals surface area (Å²) in [5.74, 6) is 5.23. The van der Waals surface area contributed by atoms with Gasteiger partial charge in [-0.1, -0.05) is 41.5 Å². The predicted molar refractivity (Wildman–Crippen MR) is 80.0 cm³/mol. The van der Waals surface area contributed by atoms with Gasteiger partial charge >= 0.3 is 0 Å². The third-order valence-corrected chi connectivity index (χ3v) is 4.33. The first kappa shape index (κ1) is 16.9. The second-order valence-corrected chi connectivity index (χ2v) is 8.70. The molecule has 5 nitrogen and oxygen atoms in total. The van der Waals surface area contributed by atoms with Gasteiger partial charge in [0.15, 0.2) is 0 Å². The van der Waals surface area contributed by atoms with E-state index in [0.29, 0.717) is 11.1 Å². The molecule has 0 radical (unpaired) electrons. The fourth-order valence-corrected chi connectivity index (χ4v) is 2.66. The smallest absolute Gasteiger partial charge is 0.253 e. The minimum atomic E-state index is -3.76. The fraction of sp³-hybridized carbons (Fsp3) is 0.571. The summed E-state index contributed by atoms with van der Waals surface area (Å²) in [4.78, 5) is 1.89. The molecular formula is C14H24N2O3S. The van der Waals surface area contributed by atoms with Gasteiger partial charge in [-0.15, -0.1) is 0 Å². The zero-order valence-electron chi connectivity index (χ0n) is 12.9. The number of hydrazine groups is 1. The van der Waals surface area contributed by atoms with Crippen LogP contribution in [0.15, 0.2) is 17.0 Å². The third kappa shape index (κ3) is 3.31. The summed E-state index contributed by atoms with van der Waals surface area (Å²) < 4.78 is 23.9. The Hall–Kier alpha value is -1.11. The van der Waals surface area contributed by atoms with Crippen LogP contribution in [-0.4, -0.2) is 13.5 Å². The highest BCUT2D eigenvalue weighted by molar-refractivity contribution is 7.89. The molecule has 0 saturated carbocycles. The normalized spacial score (nSPS) is 13.6. The average molecular weight is 300 g/mol. The number of phenols is 1. The van der Waals surface area contributed by atoms with Gasteiger partial charge in [0.05, 0.1) is 4.90 Å². The number of nitrogens with two attached hydrogens (primary N) is 1. The number of sulfonamides is 1. The van der Waals surface area contributed by atoms with E-state index in [1.807, 2.05) is 46.4 Å². The molecule has 0 heterocycles. The highest BCUT2D eigenvalue weighted by Gasteiger charge is 2.29. The van der Waals surface area contributed by atoms with Crippen LogP contribution in [0.3, 0.4) is 0 Å². The van der Waals surface area contributed by atoms with Crippen molar-refractivity contribution in [2.24, 2.45) is 5.84 Å². The van der Waals surface area contributed by atoms with Crippen LogP contribution in [0.25, 0.3) is 0 Å². The van der Waals surface area contributed by atoms with Crippen molar-refractivity contribution in [3.63, 3.8) is 0 Å². The van der Waals surface area contributed by atoms with E-state index in [2.05, 4.69) is 0 Å². The minimum absolute atomic E-state index is 0.0626. The molecule has 0 spiro atoms. The maximum atomic E-state index is 12.0. The van der Waals surface area contributed by atoms with Crippen LogP contribution < -0.4 is 10.7 Å². The number of hydrogen-bond acceptors (Lipinski definition) is 4. The molecule has 0 aliphatic carbocycles. The highest BCUT2D eigenvalue weighted by atomic mass is 32.2. The molecule has 0 aliphatic heterocycles. The third-order valence-electron chi connectivity index (χ3n) is 3.16. The van der Waals surface area contributed by atoms with Crippen molar-refractivity contribution >= 4 is 10.0 Å². The Morgan fingerprint density at radius 2 is 1.35 bits per heavy atom. The SMILES string of the molecule is CC(C)(C)c1cc(S(=O)(=O)NN)cc(C(C)(C)C)c1O. The van der Waals surface area contributed by atoms with Gasteiger partial charge < -0.3 is 5.11 Å². The lowest BCUT2D eigenvalue weighted by Gasteiger charge is -2.28. The average Bonchev–Trinajstić information content (AvgIpc) is 2.25. The monoisotopic (exact) mass is 300 g/mol. The molecule has 114 valence electrons. The van der Waals surface area contributed by atoms with Crippen LogP contribution in [0.4, 0.5) is 0 Å². The quantitative estimate of drug-likeness (QED) is 0.576. The molecule has 0 fully saturated rings. The summed E-state index contributed by atoms with van der Waals surface area (Å²) in [5.41, 5.74) is 0.395. The van der Waals surface area contributed by atoms with Gasteiger partial charge in [0.2, 0.25) is 0 Å². The van der Waals surface area contributed by atoms with Crippen molar-refractivity contribution in [1.82, 2.24) is 4.83 Å². The van der Waals surface area contributed by atoms with Gasteiger partial charge in [0, 0.05) is 11.1 Å². The Kier molecular flexibility index (Phi) is 4.25. The second-order valence-electron chi connectivity index (χ2n) is 6.99. The van der Waals surface area contributed by atoms with Gasteiger partial charge in [0.25, 0.3) is 10.0 Å². The van der Waals surface area contributed by atoms with E-state index >= 15 is 0 Å². The van der Waals surface area contributed by atoms with Crippen molar-refractivity contribution in [3.8, 4) is 5.75 Å². The molecule has 0 saturated heterocycles. The molecule has 1 aromatic rings. The van der Waals surface area contributed by atoms with Gasteiger partial charge in [-0.05, 0) is 23.0 Å². The van der Waals surface area contributed by atoms with Crippen molar-refractivity contribution in [2.45, 2.75) is 57.3 Å². The topological polar surface area (TPSA) is 92.4 Å². The predicted octanol–water partition coefficient (Wildman–Crippen LogP) is 2.14. The Balaban J connectivity index is 3.77. The van der Waals surface area contributed by atoms with E-state index in [-0.39, 0.29) is 21.5 Å². The zero-order valence-corrected chi connectivity index (χ0v) is 13.7. The lowest BCUT2D eigenvalue weighted by molar-refractivity contribution is 0.421. The molecule has 1 rings (SSSR count). The largest absolute Gasteiger partial charge is 0.507 e. The van der Waals surface area contributed by atoms with Gasteiger partial charge in [-0.25, -0.2) is 8.42 Å². The van der Waals surface area contributed by atoms with Crippen LogP contribution >= 0.6 is 0 Å². The van der Waals surface area contributed by atoms with E-state index in [1.54, 1.807) is 0 Å². The second kappa shape index (κ2) is 5.02. The molecule has 1 aromatic carbocycles. The molecule has 0 bridgehead atoms. The Labute approximate surface area is 121 Å². The van der Waals surface area contributed by atoms with Gasteiger partial charge in [-0.2, -0.15) is 4.83 Å². The summed E-state index contributed by atoms with van der Waals surface area (Å²) in [6.45, 7) is 11.5. The highest BCUT2D eigenvalue weighted by Crippen LogP contribution is 2.40. The number of benzene rings is 1. The maximum absolute atomic E-state index is 12.0. The van der Waals surface area contributed by atoms with Crippen LogP contribution in [0.2, 0.25) is 0 Å². The van der Waals surface area contributed by atoms with Crippen LogP contribution in [0.1, 0.15) is 52.7 Å². The summed E-state index contributed by atoms with van der Waals surface area (Å²) in [7, 11) is -3.76. The molecule has 0 amide bonds. The summed E-state index contributed by atoms with van der Waals surface area (Å²) in [6, 6.07) is 2.94. The van der Waals surface area contributed by atoms with Crippen LogP contribution in [-0.2, 0) is 20.9 Å². The van der Waals surface area contributed by atoms with Crippen molar-refractivity contribution in [2.75, 3.05) is 0 Å². The molecule has 20 heavy (non-hydrogen) atoms. The van der Waals surface area contributed by atoms with Crippen LogP contribution in [0, 0.1) is 0 Å². The first-order chi connectivity index (χ1) is 8.80. The van der Waals surface area contributed by atoms with E-state index in [9.17, 15) is 13.5 Å². The standard InChI is InChI=1S/C14H24N2O3S/c1-13(2,3)10-7-9(20(18,19)16-15)8-11(12(10)17)14(4,5)6/h7-8,16-17H,15H2,1-6H3. The molecule has 0 aromatic heterocycles. The van der Waals surface area contributed by atoms with E-state index in [1.165, 1.54) is 12.1 Å². The first-order valence-electron chi connectivity index (χ1n) is 6.41. The van der Waals surface area contributed by atoms with Crippen molar-refractivity contribution < 1.29 is 13.5 Å². The van der Waals surface area contributed by atoms with Crippen molar-refractivity contribution in [3.05, 3.63) is 23.3 Å². The fourth-order valence-electron chi connectivity index (χ4n) is 1.97. The molecular weight excluding hydrogens is 276 g/mol. The summed E-state index contributed by atoms with van der Waals surface area (Å²) in [5, 5.41) is 10.5. The molecule has 4 N–H and O–H groups in total. The molecule has 6 heteroatoms.